The first-order valence-corrected chi connectivity index (χ1v) is 40.0. The molecule has 0 fully saturated rings. The highest BCUT2D eigenvalue weighted by Gasteiger charge is 2.22. The molecule has 0 saturated heterocycles. The van der Waals surface area contributed by atoms with Crippen LogP contribution in [-0.4, -0.2) is 98.8 Å². The van der Waals surface area contributed by atoms with Gasteiger partial charge >= 0.3 is 5.97 Å². The lowest BCUT2D eigenvalue weighted by molar-refractivity contribution is -0.143. The van der Waals surface area contributed by atoms with Crippen LogP contribution in [-0.2, 0) is 47.1 Å². The Kier molecular flexibility index (Phi) is 23.1. The first-order chi connectivity index (χ1) is 58.4. The summed E-state index contributed by atoms with van der Waals surface area (Å²) in [5.41, 5.74) is 19.7. The zero-order valence-corrected chi connectivity index (χ0v) is 68.6. The lowest BCUT2D eigenvalue weighted by Gasteiger charge is -2.18. The summed E-state index contributed by atoms with van der Waals surface area (Å²) >= 11 is 0. The molecule has 27 heteroatoms. The van der Waals surface area contributed by atoms with Crippen molar-refractivity contribution in [2.75, 3.05) is 6.61 Å². The van der Waals surface area contributed by atoms with Crippen LogP contribution in [0, 0.1) is 39.0 Å². The van der Waals surface area contributed by atoms with Crippen molar-refractivity contribution in [1.82, 2.24) is 86.2 Å². The van der Waals surface area contributed by atoms with E-state index < -0.39 is 0 Å². The Morgan fingerprint density at radius 3 is 1.07 bits per heavy atom. The first-order valence-electron chi connectivity index (χ1n) is 40.0. The molecule has 121 heavy (non-hydrogen) atoms. The van der Waals surface area contributed by atoms with Crippen LogP contribution in [0.5, 0.6) is 0 Å². The second-order valence-corrected chi connectivity index (χ2v) is 30.8. The van der Waals surface area contributed by atoms with E-state index in [0.29, 0.717) is 84.5 Å². The van der Waals surface area contributed by atoms with Crippen molar-refractivity contribution in [3.63, 3.8) is 0 Å². The molecule has 0 radical (unpaired) electrons. The van der Waals surface area contributed by atoms with Crippen LogP contribution in [0.15, 0.2) is 247 Å². The van der Waals surface area contributed by atoms with Gasteiger partial charge in [-0.1, -0.05) is 168 Å². The highest BCUT2D eigenvalue weighted by molar-refractivity contribution is 5.84. The molecule has 0 amide bonds. The molecule has 0 aliphatic carbocycles. The molecule has 0 aliphatic heterocycles. The van der Waals surface area contributed by atoms with Gasteiger partial charge in [-0.2, -0.15) is 5.26 Å². The summed E-state index contributed by atoms with van der Waals surface area (Å²) in [5.74, 6) is 3.48. The third-order valence-electron chi connectivity index (χ3n) is 21.2. The topological polar surface area (TPSA) is 351 Å². The predicted molar refractivity (Wildman–Crippen MR) is 474 cm³/mol. The fourth-order valence-electron chi connectivity index (χ4n) is 15.0. The Morgan fingerprint density at radius 1 is 0.388 bits per heavy atom. The van der Waals surface area contributed by atoms with Crippen molar-refractivity contribution in [1.29, 1.82) is 5.26 Å². The van der Waals surface area contributed by atoms with Gasteiger partial charge < -0.3 is 34.6 Å². The number of aromatic amines is 6. The maximum atomic E-state index is 12.9. The number of nitrogens with zero attached hydrogens (tertiary/aromatic N) is 13. The van der Waals surface area contributed by atoms with Gasteiger partial charge in [-0.3, -0.25) is 33.6 Å². The number of H-pyrrole nitrogens is 6. The number of nitriles is 1. The lowest BCUT2D eigenvalue weighted by Crippen LogP contribution is -2.22. The molecule has 27 nitrogen and oxygen atoms in total. The summed E-state index contributed by atoms with van der Waals surface area (Å²) in [4.78, 5) is 133. The summed E-state index contributed by atoms with van der Waals surface area (Å²) in [5, 5.41) is 8.67. The third-order valence-corrected chi connectivity index (χ3v) is 21.2. The number of esters is 1. The molecule has 6 N–H and O–H groups in total. The number of aromatic nitrogens is 18. The van der Waals surface area contributed by atoms with Crippen molar-refractivity contribution in [2.45, 2.75) is 126 Å². The molecule has 0 aliphatic rings. The highest BCUT2D eigenvalue weighted by atomic mass is 16.5. The third kappa shape index (κ3) is 16.7. The zero-order chi connectivity index (χ0) is 84.9. The number of nitrogens with one attached hydrogen (secondary N) is 6. The standard InChI is InChI=1S/C19H17N3O.C18H15N3O.C16H17N3O3.C14H12N4O.C14H15N3O.C13H13N3O/c1-13-15(12-11-14-7-3-2-4-8-14)18(23)22-17-10-6-5-9-16(17)21-19(22)20-13;1-12-14(11-13-7-3-2-4-8-13)17(22)21-16-10-6-5-9-15(16)20-18(21)19-12;1-3-22-14(20)9-8-11-10(2)17-16-18-12-6-4-5-7-13(12)19(16)15(11)21;1-9-10(5-4-8-15)13(19)18-12-7-3-2-6-11(12)17-14(18)16-9;1-14(2,3)11-8-12(18)17-10-7-5-4-6-9(10)15-13(17)16-11;1-8(2)10-7-12(17)16-11-6-4-3-5-9(11)14-13(16)15-10/h2-10H,11-12H2,1H3,(H,20,21);2-10H,11H2,1H3,(H,19,20);4-7H,3,8-9H2,1-2H3,(H,17,18);2-3,6-7H,4-5H2,1H3,(H,16,17);4-8H,1-3H3,(H,15,16);3-8H,1-2H3,(H,14,15). The summed E-state index contributed by atoms with van der Waals surface area (Å²) < 4.78 is 14.6. The molecule has 608 valence electrons. The normalized spacial score (nSPS) is 11.5. The molecule has 0 atom stereocenters. The SMILES string of the molecule is CC(C)(C)c1cc(=O)n2c(nc3ccccc32)[nH]1.CC(C)c1cc(=O)n2c(nc3ccccc32)[nH]1.CCOC(=O)CCc1c(C)[nH]c2nc3ccccc3n2c1=O.Cc1[nH]c2nc3ccccc3n2c(=O)c1CCC#N.Cc1[nH]c2nc3ccccc3n2c(=O)c1CCc1ccccc1.Cc1[nH]c2nc3ccccc3n2c(=O)c1Cc1ccccc1. The summed E-state index contributed by atoms with van der Waals surface area (Å²) in [6.45, 7) is 19.9. The second-order valence-electron chi connectivity index (χ2n) is 30.8. The number of hydrogen-bond acceptors (Lipinski definition) is 15. The van der Waals surface area contributed by atoms with Crippen LogP contribution in [0.1, 0.15) is 128 Å². The summed E-state index contributed by atoms with van der Waals surface area (Å²) in [7, 11) is 0. The highest BCUT2D eigenvalue weighted by Crippen LogP contribution is 2.25. The van der Waals surface area contributed by atoms with E-state index in [-0.39, 0.29) is 57.1 Å². The Morgan fingerprint density at radius 2 is 0.702 bits per heavy atom. The summed E-state index contributed by atoms with van der Waals surface area (Å²) in [6.07, 6.45) is 3.52. The molecular formula is C94H89N19O8. The number of imidazole rings is 6. The van der Waals surface area contributed by atoms with Crippen molar-refractivity contribution >= 4 is 107 Å². The Labute approximate surface area is 690 Å². The molecule has 20 rings (SSSR count). The van der Waals surface area contributed by atoms with Crippen LogP contribution in [0.25, 0.3) is 101 Å². The van der Waals surface area contributed by atoms with Crippen LogP contribution in [0.4, 0.5) is 0 Å². The minimum Gasteiger partial charge on any atom is -0.466 e. The van der Waals surface area contributed by atoms with Crippen molar-refractivity contribution in [3.05, 3.63) is 348 Å². The number of carbonyl (C=O) groups is 1. The van der Waals surface area contributed by atoms with Gasteiger partial charge in [0.25, 0.3) is 33.4 Å². The average molecular weight is 1610 g/mol. The number of hydrogen-bond donors (Lipinski definition) is 6. The summed E-state index contributed by atoms with van der Waals surface area (Å²) in [6, 6.07) is 71.3. The van der Waals surface area contributed by atoms with Gasteiger partial charge in [-0.05, 0) is 150 Å². The van der Waals surface area contributed by atoms with E-state index in [1.54, 1.807) is 45.5 Å². The second kappa shape index (κ2) is 34.5. The van der Waals surface area contributed by atoms with E-state index in [1.807, 2.05) is 236 Å². The quantitative estimate of drug-likeness (QED) is 0.0619. The van der Waals surface area contributed by atoms with Gasteiger partial charge in [0, 0.05) is 93.2 Å². The van der Waals surface area contributed by atoms with Crippen molar-refractivity contribution < 1.29 is 9.53 Å². The monoisotopic (exact) mass is 1610 g/mol. The fourth-order valence-corrected chi connectivity index (χ4v) is 15.0. The lowest BCUT2D eigenvalue weighted by atomic mass is 9.92. The number of benzene rings is 8. The van der Waals surface area contributed by atoms with E-state index in [4.69, 9.17) is 10.00 Å². The predicted octanol–water partition coefficient (Wildman–Crippen LogP) is 15.0. The molecule has 0 saturated carbocycles. The Hall–Kier alpha value is -15.2. The van der Waals surface area contributed by atoms with Gasteiger partial charge in [0.2, 0.25) is 34.7 Å². The van der Waals surface area contributed by atoms with Crippen LogP contribution in [0.2, 0.25) is 0 Å². The molecular weight excluding hydrogens is 1520 g/mol. The number of ether oxygens (including phenoxy) is 1. The van der Waals surface area contributed by atoms with Crippen LogP contribution >= 0.6 is 0 Å². The van der Waals surface area contributed by atoms with E-state index in [1.165, 1.54) is 5.56 Å². The molecule has 0 spiro atoms. The maximum Gasteiger partial charge on any atom is 0.306 e. The Balaban J connectivity index is 0.000000113. The van der Waals surface area contributed by atoms with Crippen molar-refractivity contribution in [3.8, 4) is 6.07 Å². The van der Waals surface area contributed by atoms with E-state index in [2.05, 4.69) is 98.8 Å². The number of aryl methyl sites for hydroxylation is 5. The van der Waals surface area contributed by atoms with Crippen LogP contribution in [0.3, 0.4) is 0 Å². The molecule has 20 aromatic rings. The molecule has 0 unspecified atom stereocenters. The number of para-hydroxylation sites is 12. The minimum atomic E-state index is -0.295. The smallest absolute Gasteiger partial charge is 0.306 e. The zero-order valence-electron chi connectivity index (χ0n) is 68.6. The fraction of sp³-hybridized carbons (Fsp3) is 0.213. The van der Waals surface area contributed by atoms with Gasteiger partial charge in [0.15, 0.2) is 0 Å². The van der Waals surface area contributed by atoms with Gasteiger partial charge in [0.05, 0.1) is 78.9 Å². The van der Waals surface area contributed by atoms with Gasteiger partial charge in [-0.15, -0.1) is 0 Å². The Bertz CT molecular complexity index is 7750. The molecule has 12 heterocycles. The average Bonchev–Trinajstić information content (AvgIpc) is 1.66. The molecule has 8 aromatic carbocycles. The number of rotatable bonds is 12. The maximum absolute atomic E-state index is 12.9. The first kappa shape index (κ1) is 81.0. The molecule has 12 aromatic heterocycles. The van der Waals surface area contributed by atoms with Crippen molar-refractivity contribution in [2.24, 2.45) is 0 Å². The van der Waals surface area contributed by atoms with E-state index in [0.717, 1.165) is 123 Å². The minimum absolute atomic E-state index is 0.00352. The van der Waals surface area contributed by atoms with Gasteiger partial charge in [0.1, 0.15) is 0 Å². The van der Waals surface area contributed by atoms with E-state index >= 15 is 0 Å². The largest absolute Gasteiger partial charge is 0.466 e. The number of carbonyl (C=O) groups excluding carboxylic acids is 1. The van der Waals surface area contributed by atoms with Gasteiger partial charge in [-0.25, -0.2) is 56.3 Å². The van der Waals surface area contributed by atoms with E-state index in [9.17, 15) is 33.6 Å². The number of fused-ring (bicyclic) bond motifs is 18. The molecule has 0 bridgehead atoms. The van der Waals surface area contributed by atoms with Crippen LogP contribution < -0.4 is 33.4 Å².